The van der Waals surface area contributed by atoms with Gasteiger partial charge < -0.3 is 0 Å². The molecule has 0 amide bonds. The normalized spacial score (nSPS) is 16.8. The fraction of sp³-hybridized carbons (Fsp3) is 0.188. The van der Waals surface area contributed by atoms with E-state index in [2.05, 4.69) is 18.2 Å². The van der Waals surface area contributed by atoms with Gasteiger partial charge >= 0.3 is 0 Å². The predicted octanol–water partition coefficient (Wildman–Crippen LogP) is 4.25. The second-order valence-corrected chi connectivity index (χ2v) is 5.17. The van der Waals surface area contributed by atoms with Gasteiger partial charge in [-0.3, -0.25) is 4.79 Å². The summed E-state index contributed by atoms with van der Waals surface area (Å²) in [6.07, 6.45) is 1.62. The highest BCUT2D eigenvalue weighted by atomic mass is 35.5. The van der Waals surface area contributed by atoms with Crippen LogP contribution in [0.1, 0.15) is 33.8 Å². The van der Waals surface area contributed by atoms with Gasteiger partial charge in [0.15, 0.2) is 5.78 Å². The van der Waals surface area contributed by atoms with E-state index in [9.17, 15) is 4.79 Å². The summed E-state index contributed by atoms with van der Waals surface area (Å²) in [5.74, 6) is 0.593. The van der Waals surface area contributed by atoms with Crippen LogP contribution in [-0.4, -0.2) is 5.78 Å². The third kappa shape index (κ3) is 2.06. The first-order valence-corrected chi connectivity index (χ1v) is 6.48. The van der Waals surface area contributed by atoms with E-state index in [1.54, 1.807) is 24.3 Å². The van der Waals surface area contributed by atoms with E-state index >= 15 is 0 Å². The van der Waals surface area contributed by atoms with Crippen LogP contribution in [0.5, 0.6) is 0 Å². The molecule has 0 heterocycles. The summed E-state index contributed by atoms with van der Waals surface area (Å²) in [4.78, 5) is 12.1. The van der Waals surface area contributed by atoms with Gasteiger partial charge in [0.1, 0.15) is 0 Å². The highest BCUT2D eigenvalue weighted by Gasteiger charge is 2.27. The summed E-state index contributed by atoms with van der Waals surface area (Å²) >= 11 is 5.82. The molecule has 0 N–H and O–H groups in total. The highest BCUT2D eigenvalue weighted by molar-refractivity contribution is 6.30. The van der Waals surface area contributed by atoms with Gasteiger partial charge in [-0.25, -0.2) is 0 Å². The topological polar surface area (TPSA) is 17.1 Å². The number of halogens is 1. The van der Waals surface area contributed by atoms with Crippen molar-refractivity contribution in [3.63, 3.8) is 0 Å². The molecule has 0 saturated carbocycles. The monoisotopic (exact) mass is 256 g/mol. The number of fused-ring (bicyclic) bond motifs is 1. The van der Waals surface area contributed by atoms with Gasteiger partial charge in [0, 0.05) is 17.0 Å². The van der Waals surface area contributed by atoms with Crippen LogP contribution < -0.4 is 0 Å². The second-order valence-electron chi connectivity index (χ2n) is 4.73. The van der Waals surface area contributed by atoms with Crippen molar-refractivity contribution in [1.82, 2.24) is 0 Å². The van der Waals surface area contributed by atoms with Crippen molar-refractivity contribution in [2.75, 3.05) is 0 Å². The Kier molecular flexibility index (Phi) is 2.92. The van der Waals surface area contributed by atoms with E-state index < -0.39 is 0 Å². The lowest BCUT2D eigenvalue weighted by atomic mass is 9.74. The molecule has 3 rings (SSSR count). The van der Waals surface area contributed by atoms with Crippen LogP contribution in [-0.2, 0) is 6.42 Å². The Morgan fingerprint density at radius 1 is 1.11 bits per heavy atom. The second kappa shape index (κ2) is 4.58. The first-order chi connectivity index (χ1) is 8.74. The Hall–Kier alpha value is -1.60. The number of benzene rings is 2. The zero-order valence-corrected chi connectivity index (χ0v) is 10.7. The fourth-order valence-electron chi connectivity index (χ4n) is 2.52. The Morgan fingerprint density at radius 3 is 2.56 bits per heavy atom. The molecule has 0 aromatic heterocycles. The first kappa shape index (κ1) is 11.5. The third-order valence-corrected chi connectivity index (χ3v) is 3.81. The summed E-state index contributed by atoms with van der Waals surface area (Å²) in [5.41, 5.74) is 3.47. The minimum absolute atomic E-state index is 0.200. The molecule has 0 spiro atoms. The summed E-state index contributed by atoms with van der Waals surface area (Å²) in [6, 6.07) is 15.5. The van der Waals surface area contributed by atoms with Gasteiger partial charge in [0.05, 0.1) is 0 Å². The zero-order chi connectivity index (χ0) is 12.5. The Bertz CT molecular complexity index is 586. The molecule has 2 heteroatoms. The minimum Gasteiger partial charge on any atom is -0.294 e. The maximum Gasteiger partial charge on any atom is 0.163 e. The van der Waals surface area contributed by atoms with E-state index in [1.807, 2.05) is 6.07 Å². The van der Waals surface area contributed by atoms with Crippen LogP contribution in [0.2, 0.25) is 5.02 Å². The summed E-state index contributed by atoms with van der Waals surface area (Å²) in [5, 5.41) is 0.667. The smallest absolute Gasteiger partial charge is 0.163 e. The van der Waals surface area contributed by atoms with Crippen LogP contribution in [0.15, 0.2) is 48.5 Å². The van der Waals surface area contributed by atoms with Gasteiger partial charge in [-0.15, -0.1) is 0 Å². The average molecular weight is 257 g/mol. The van der Waals surface area contributed by atoms with Crippen LogP contribution in [0.25, 0.3) is 0 Å². The lowest BCUT2D eigenvalue weighted by Crippen LogP contribution is -2.20. The molecule has 1 aliphatic rings. The first-order valence-electron chi connectivity index (χ1n) is 6.10. The number of rotatable bonds is 3. The van der Waals surface area contributed by atoms with Crippen molar-refractivity contribution in [3.8, 4) is 0 Å². The number of hydrogen-bond acceptors (Lipinski definition) is 1. The maximum absolute atomic E-state index is 12.1. The van der Waals surface area contributed by atoms with E-state index in [0.717, 1.165) is 12.0 Å². The summed E-state index contributed by atoms with van der Waals surface area (Å²) in [7, 11) is 0. The van der Waals surface area contributed by atoms with E-state index in [-0.39, 0.29) is 5.78 Å². The zero-order valence-electron chi connectivity index (χ0n) is 9.90. The lowest BCUT2D eigenvalue weighted by Gasteiger charge is -2.29. The summed E-state index contributed by atoms with van der Waals surface area (Å²) < 4.78 is 0. The molecule has 2 aromatic rings. The van der Waals surface area contributed by atoms with Crippen molar-refractivity contribution in [1.29, 1.82) is 0 Å². The molecule has 2 aromatic carbocycles. The average Bonchev–Trinajstić information content (AvgIpc) is 2.36. The molecular formula is C16H13ClO. The van der Waals surface area contributed by atoms with Crippen molar-refractivity contribution >= 4 is 17.4 Å². The minimum atomic E-state index is 0.200. The Morgan fingerprint density at radius 2 is 1.83 bits per heavy atom. The maximum atomic E-state index is 12.1. The van der Waals surface area contributed by atoms with Crippen LogP contribution in [0, 0.1) is 0 Å². The van der Waals surface area contributed by atoms with Gasteiger partial charge in [0.25, 0.3) is 0 Å². The SMILES string of the molecule is O=C(CC1Cc2ccccc21)c1ccc(Cl)cc1. The largest absolute Gasteiger partial charge is 0.294 e. The summed E-state index contributed by atoms with van der Waals surface area (Å²) in [6.45, 7) is 0. The third-order valence-electron chi connectivity index (χ3n) is 3.56. The van der Waals surface area contributed by atoms with Crippen LogP contribution in [0.4, 0.5) is 0 Å². The number of Topliss-reactive ketones (excluding diaryl/α,β-unsaturated/α-hetero) is 1. The molecule has 1 atom stereocenters. The van der Waals surface area contributed by atoms with Crippen molar-refractivity contribution in [3.05, 3.63) is 70.2 Å². The highest BCUT2D eigenvalue weighted by Crippen LogP contribution is 2.37. The molecule has 1 unspecified atom stereocenters. The van der Waals surface area contributed by atoms with Gasteiger partial charge in [-0.2, -0.15) is 0 Å². The van der Waals surface area contributed by atoms with Crippen LogP contribution in [0.3, 0.4) is 0 Å². The molecule has 90 valence electrons. The standard InChI is InChI=1S/C16H13ClO/c17-14-7-5-11(6-8-14)16(18)10-13-9-12-3-1-2-4-15(12)13/h1-8,13H,9-10H2. The van der Waals surface area contributed by atoms with E-state index in [4.69, 9.17) is 11.6 Å². The van der Waals surface area contributed by atoms with E-state index in [0.29, 0.717) is 17.4 Å². The van der Waals surface area contributed by atoms with Crippen LogP contribution >= 0.6 is 11.6 Å². The van der Waals surface area contributed by atoms with E-state index in [1.165, 1.54) is 11.1 Å². The molecule has 0 fully saturated rings. The molecule has 0 aliphatic heterocycles. The molecule has 1 aliphatic carbocycles. The number of carbonyl (C=O) groups excluding carboxylic acids is 1. The predicted molar refractivity (Wildman–Crippen MR) is 73.3 cm³/mol. The number of hydrogen-bond donors (Lipinski definition) is 0. The van der Waals surface area contributed by atoms with Crippen molar-refractivity contribution in [2.24, 2.45) is 0 Å². The fourth-order valence-corrected chi connectivity index (χ4v) is 2.65. The molecule has 0 saturated heterocycles. The Labute approximate surface area is 111 Å². The molecule has 0 radical (unpaired) electrons. The quantitative estimate of drug-likeness (QED) is 0.750. The van der Waals surface area contributed by atoms with Crippen molar-refractivity contribution in [2.45, 2.75) is 18.8 Å². The molecular weight excluding hydrogens is 244 g/mol. The Balaban J connectivity index is 1.72. The van der Waals surface area contributed by atoms with Gasteiger partial charge in [-0.05, 0) is 47.7 Å². The number of carbonyl (C=O) groups is 1. The molecule has 0 bridgehead atoms. The number of ketones is 1. The lowest BCUT2D eigenvalue weighted by molar-refractivity contribution is 0.0970. The molecule has 1 nitrogen and oxygen atoms in total. The van der Waals surface area contributed by atoms with Crippen molar-refractivity contribution < 1.29 is 4.79 Å². The molecule has 18 heavy (non-hydrogen) atoms. The van der Waals surface area contributed by atoms with Gasteiger partial charge in [-0.1, -0.05) is 35.9 Å². The van der Waals surface area contributed by atoms with Gasteiger partial charge in [0.2, 0.25) is 0 Å².